The van der Waals surface area contributed by atoms with E-state index in [0.717, 1.165) is 6.54 Å². The summed E-state index contributed by atoms with van der Waals surface area (Å²) in [5.41, 5.74) is 1.39. The Morgan fingerprint density at radius 3 is 2.77 bits per heavy atom. The molecule has 3 aromatic rings. The Kier molecular flexibility index (Phi) is 5.35. The fraction of sp³-hybridized carbons (Fsp3) is 0.211. The van der Waals surface area contributed by atoms with Crippen LogP contribution in [0.4, 0.5) is 0 Å². The fourth-order valence-electron chi connectivity index (χ4n) is 2.57. The number of hydrogen-bond acceptors (Lipinski definition) is 4. The molecule has 0 spiro atoms. The molecule has 0 fully saturated rings. The van der Waals surface area contributed by atoms with Crippen LogP contribution in [0.2, 0.25) is 5.02 Å². The zero-order chi connectivity index (χ0) is 18.7. The smallest absolute Gasteiger partial charge is 0.265 e. The van der Waals surface area contributed by atoms with Crippen molar-refractivity contribution in [1.29, 1.82) is 0 Å². The van der Waals surface area contributed by atoms with Gasteiger partial charge in [-0.25, -0.2) is 4.98 Å². The molecule has 0 aliphatic rings. The van der Waals surface area contributed by atoms with Gasteiger partial charge in [-0.1, -0.05) is 17.7 Å². The lowest BCUT2D eigenvalue weighted by Crippen LogP contribution is -2.31. The highest BCUT2D eigenvalue weighted by Crippen LogP contribution is 2.15. The van der Waals surface area contributed by atoms with Crippen molar-refractivity contribution < 1.29 is 4.79 Å². The zero-order valence-electron chi connectivity index (χ0n) is 14.6. The average molecular weight is 371 g/mol. The molecular weight excluding hydrogens is 352 g/mol. The third kappa shape index (κ3) is 3.92. The van der Waals surface area contributed by atoms with E-state index in [9.17, 15) is 9.59 Å². The Labute approximate surface area is 156 Å². The maximum absolute atomic E-state index is 12.7. The molecule has 0 radical (unpaired) electrons. The number of hydrogen-bond donors (Lipinski definition) is 1. The topological polar surface area (TPSA) is 67.2 Å². The molecule has 0 bridgehead atoms. The Morgan fingerprint density at radius 2 is 2.04 bits per heavy atom. The number of rotatable bonds is 5. The van der Waals surface area contributed by atoms with Crippen molar-refractivity contribution in [2.24, 2.45) is 0 Å². The monoisotopic (exact) mass is 370 g/mol. The minimum atomic E-state index is -0.211. The standard InChI is InChI=1S/C19H19ClN4O2/c1-23(2)9-8-21-18(25)13-6-7-16-17(10-13)22-12-24(19(16)26)15-5-3-4-14(20)11-15/h3-7,10-12H,8-9H2,1-2H3,(H,21,25). The van der Waals surface area contributed by atoms with Crippen LogP contribution < -0.4 is 10.9 Å². The highest BCUT2D eigenvalue weighted by Gasteiger charge is 2.10. The molecular formula is C19H19ClN4O2. The van der Waals surface area contributed by atoms with Crippen molar-refractivity contribution in [2.45, 2.75) is 0 Å². The summed E-state index contributed by atoms with van der Waals surface area (Å²) >= 11 is 6.00. The van der Waals surface area contributed by atoms with Crippen LogP contribution in [0.15, 0.2) is 53.6 Å². The summed E-state index contributed by atoms with van der Waals surface area (Å²) in [6.07, 6.45) is 1.45. The molecule has 1 amide bonds. The van der Waals surface area contributed by atoms with Crippen LogP contribution in [0, 0.1) is 0 Å². The van der Waals surface area contributed by atoms with Crippen LogP contribution in [-0.2, 0) is 0 Å². The van der Waals surface area contributed by atoms with E-state index < -0.39 is 0 Å². The maximum atomic E-state index is 12.7. The number of aromatic nitrogens is 2. The third-order valence-corrected chi connectivity index (χ3v) is 4.19. The highest BCUT2D eigenvalue weighted by atomic mass is 35.5. The molecule has 0 saturated carbocycles. The van der Waals surface area contributed by atoms with E-state index in [4.69, 9.17) is 11.6 Å². The zero-order valence-corrected chi connectivity index (χ0v) is 15.3. The molecule has 26 heavy (non-hydrogen) atoms. The molecule has 0 atom stereocenters. The minimum absolute atomic E-state index is 0.186. The third-order valence-electron chi connectivity index (χ3n) is 3.95. The van der Waals surface area contributed by atoms with E-state index in [1.54, 1.807) is 42.5 Å². The van der Waals surface area contributed by atoms with Gasteiger partial charge in [-0.15, -0.1) is 0 Å². The number of carbonyl (C=O) groups is 1. The van der Waals surface area contributed by atoms with Gasteiger partial charge in [0.1, 0.15) is 6.33 Å². The Balaban J connectivity index is 1.91. The molecule has 0 aliphatic heterocycles. The second-order valence-corrected chi connectivity index (χ2v) is 6.63. The summed E-state index contributed by atoms with van der Waals surface area (Å²) < 4.78 is 1.44. The molecule has 0 saturated heterocycles. The first-order chi connectivity index (χ1) is 12.5. The lowest BCUT2D eigenvalue weighted by molar-refractivity contribution is 0.0951. The summed E-state index contributed by atoms with van der Waals surface area (Å²) in [6.45, 7) is 1.30. The van der Waals surface area contributed by atoms with Crippen LogP contribution in [0.3, 0.4) is 0 Å². The Morgan fingerprint density at radius 1 is 1.23 bits per heavy atom. The number of carbonyl (C=O) groups excluding carboxylic acids is 1. The molecule has 0 aliphatic carbocycles. The van der Waals surface area contributed by atoms with Crippen molar-refractivity contribution in [2.75, 3.05) is 27.2 Å². The van der Waals surface area contributed by atoms with E-state index in [-0.39, 0.29) is 11.5 Å². The lowest BCUT2D eigenvalue weighted by atomic mass is 10.1. The van der Waals surface area contributed by atoms with Crippen molar-refractivity contribution in [3.8, 4) is 5.69 Å². The van der Waals surface area contributed by atoms with Crippen LogP contribution >= 0.6 is 11.6 Å². The van der Waals surface area contributed by atoms with Gasteiger partial charge in [0, 0.05) is 23.7 Å². The highest BCUT2D eigenvalue weighted by molar-refractivity contribution is 6.30. The first-order valence-corrected chi connectivity index (χ1v) is 8.54. The molecule has 2 aromatic carbocycles. The van der Waals surface area contributed by atoms with Gasteiger partial charge in [-0.05, 0) is 50.5 Å². The summed E-state index contributed by atoms with van der Waals surface area (Å²) in [7, 11) is 3.88. The van der Waals surface area contributed by atoms with Gasteiger partial charge in [0.25, 0.3) is 11.5 Å². The van der Waals surface area contributed by atoms with E-state index in [2.05, 4.69) is 10.3 Å². The number of nitrogens with one attached hydrogen (secondary N) is 1. The second-order valence-electron chi connectivity index (χ2n) is 6.19. The van der Waals surface area contributed by atoms with Crippen LogP contribution in [0.5, 0.6) is 0 Å². The number of fused-ring (bicyclic) bond motifs is 1. The average Bonchev–Trinajstić information content (AvgIpc) is 2.61. The first kappa shape index (κ1) is 18.1. The number of benzene rings is 2. The summed E-state index contributed by atoms with van der Waals surface area (Å²) in [6, 6.07) is 11.9. The van der Waals surface area contributed by atoms with E-state index in [1.165, 1.54) is 10.9 Å². The van der Waals surface area contributed by atoms with E-state index in [0.29, 0.717) is 33.7 Å². The molecule has 7 heteroatoms. The van der Waals surface area contributed by atoms with Gasteiger partial charge < -0.3 is 10.2 Å². The number of nitrogens with zero attached hydrogens (tertiary/aromatic N) is 3. The van der Waals surface area contributed by atoms with Crippen LogP contribution in [0.1, 0.15) is 10.4 Å². The second kappa shape index (κ2) is 7.68. The first-order valence-electron chi connectivity index (χ1n) is 8.16. The van der Waals surface area contributed by atoms with Crippen molar-refractivity contribution >= 4 is 28.4 Å². The largest absolute Gasteiger partial charge is 0.351 e. The predicted octanol–water partition coefficient (Wildman–Crippen LogP) is 2.33. The summed E-state index contributed by atoms with van der Waals surface area (Å²) in [5, 5.41) is 3.83. The maximum Gasteiger partial charge on any atom is 0.265 e. The molecule has 6 nitrogen and oxygen atoms in total. The number of amides is 1. The quantitative estimate of drug-likeness (QED) is 0.748. The minimum Gasteiger partial charge on any atom is -0.351 e. The summed E-state index contributed by atoms with van der Waals surface area (Å²) in [5.74, 6) is -0.186. The molecule has 1 N–H and O–H groups in total. The molecule has 3 rings (SSSR count). The molecule has 134 valence electrons. The van der Waals surface area contributed by atoms with Gasteiger partial charge in [0.15, 0.2) is 0 Å². The normalized spacial score (nSPS) is 11.1. The van der Waals surface area contributed by atoms with Gasteiger partial charge >= 0.3 is 0 Å². The Bertz CT molecular complexity index is 1010. The van der Waals surface area contributed by atoms with Gasteiger partial charge in [0.2, 0.25) is 0 Å². The predicted molar refractivity (Wildman–Crippen MR) is 103 cm³/mol. The van der Waals surface area contributed by atoms with Crippen LogP contribution in [0.25, 0.3) is 16.6 Å². The van der Waals surface area contributed by atoms with Crippen molar-refractivity contribution in [3.63, 3.8) is 0 Å². The van der Waals surface area contributed by atoms with Gasteiger partial charge in [-0.3, -0.25) is 14.2 Å². The Hall–Kier alpha value is -2.70. The molecule has 0 unspecified atom stereocenters. The molecule has 1 aromatic heterocycles. The van der Waals surface area contributed by atoms with Gasteiger partial charge in [-0.2, -0.15) is 0 Å². The van der Waals surface area contributed by atoms with Gasteiger partial charge in [0.05, 0.1) is 16.6 Å². The van der Waals surface area contributed by atoms with Crippen molar-refractivity contribution in [1.82, 2.24) is 19.8 Å². The fourth-order valence-corrected chi connectivity index (χ4v) is 2.75. The van der Waals surface area contributed by atoms with E-state index in [1.807, 2.05) is 19.0 Å². The van der Waals surface area contributed by atoms with Crippen LogP contribution in [-0.4, -0.2) is 47.5 Å². The number of likely N-dealkylation sites (N-methyl/N-ethyl adjacent to an activating group) is 1. The SMILES string of the molecule is CN(C)CCNC(=O)c1ccc2c(=O)n(-c3cccc(Cl)c3)cnc2c1. The van der Waals surface area contributed by atoms with Crippen molar-refractivity contribution in [3.05, 3.63) is 69.7 Å². The van der Waals surface area contributed by atoms with E-state index >= 15 is 0 Å². The summed E-state index contributed by atoms with van der Waals surface area (Å²) in [4.78, 5) is 31.3. The lowest BCUT2D eigenvalue weighted by Gasteiger charge is -2.11. The number of halogens is 1. The molecule has 1 heterocycles.